The summed E-state index contributed by atoms with van der Waals surface area (Å²) in [7, 11) is -0.933. The fraction of sp³-hybridized carbons (Fsp3) is 0.688. The highest BCUT2D eigenvalue weighted by Crippen LogP contribution is 2.37. The Hall–Kier alpha value is -1.12. The zero-order chi connectivity index (χ0) is 17.8. The number of aromatic nitrogens is 1. The topological polar surface area (TPSA) is 40.6 Å². The van der Waals surface area contributed by atoms with Crippen molar-refractivity contribution in [3.05, 3.63) is 23.4 Å². The number of alkyl halides is 3. The number of pyridine rings is 1. The van der Waals surface area contributed by atoms with Crippen molar-refractivity contribution >= 4 is 12.7 Å². The lowest BCUT2D eigenvalue weighted by molar-refractivity contribution is -0.141. The molecule has 3 heterocycles. The van der Waals surface area contributed by atoms with E-state index in [1.807, 2.05) is 27.7 Å². The van der Waals surface area contributed by atoms with E-state index in [-0.39, 0.29) is 11.7 Å². The monoisotopic (exact) mass is 343 g/mol. The predicted octanol–water partition coefficient (Wildman–Crippen LogP) is 3.25. The molecule has 24 heavy (non-hydrogen) atoms. The lowest BCUT2D eigenvalue weighted by Crippen LogP contribution is -2.41. The number of hydrogen-bond acceptors (Lipinski definition) is 4. The van der Waals surface area contributed by atoms with E-state index >= 15 is 0 Å². The Morgan fingerprint density at radius 1 is 1.12 bits per heavy atom. The van der Waals surface area contributed by atoms with E-state index in [1.165, 1.54) is 0 Å². The Labute approximate surface area is 139 Å². The van der Waals surface area contributed by atoms with Gasteiger partial charge in [-0.25, -0.2) is 0 Å². The standard InChI is InChI=1S/C16H21BF3NO3/c1-14(2)15(3,4)24-17(23-14)13-9-10(11-6-5-7-22-11)8-12(21-13)16(18,19)20/h8-9,11H,5-7H2,1-4H3. The van der Waals surface area contributed by atoms with E-state index in [0.29, 0.717) is 18.6 Å². The summed E-state index contributed by atoms with van der Waals surface area (Å²) in [5.41, 5.74) is -1.62. The molecule has 1 atom stereocenters. The Balaban J connectivity index is 2.00. The zero-order valence-corrected chi connectivity index (χ0v) is 14.2. The highest BCUT2D eigenvalue weighted by atomic mass is 19.4. The molecule has 2 aliphatic heterocycles. The van der Waals surface area contributed by atoms with Gasteiger partial charge in [-0.15, -0.1) is 0 Å². The molecule has 0 aromatic carbocycles. The van der Waals surface area contributed by atoms with Crippen LogP contribution in [-0.4, -0.2) is 29.9 Å². The van der Waals surface area contributed by atoms with Crippen LogP contribution in [0.4, 0.5) is 13.2 Å². The lowest BCUT2D eigenvalue weighted by atomic mass is 9.82. The van der Waals surface area contributed by atoms with Gasteiger partial charge in [-0.3, -0.25) is 4.98 Å². The molecule has 1 aromatic heterocycles. The van der Waals surface area contributed by atoms with Crippen LogP contribution in [0.25, 0.3) is 0 Å². The van der Waals surface area contributed by atoms with Crippen molar-refractivity contribution in [3.63, 3.8) is 0 Å². The smallest absolute Gasteiger partial charge is 0.398 e. The van der Waals surface area contributed by atoms with E-state index < -0.39 is 30.2 Å². The first-order valence-corrected chi connectivity index (χ1v) is 8.06. The van der Waals surface area contributed by atoms with E-state index in [9.17, 15) is 13.2 Å². The largest absolute Gasteiger partial charge is 0.514 e. The average Bonchev–Trinajstić information content (AvgIpc) is 3.04. The highest BCUT2D eigenvalue weighted by Gasteiger charge is 2.53. The molecule has 1 unspecified atom stereocenters. The summed E-state index contributed by atoms with van der Waals surface area (Å²) < 4.78 is 56.9. The Morgan fingerprint density at radius 3 is 2.25 bits per heavy atom. The summed E-state index contributed by atoms with van der Waals surface area (Å²) in [5.74, 6) is 0. The molecule has 0 radical (unpaired) electrons. The fourth-order valence-corrected chi connectivity index (χ4v) is 2.83. The van der Waals surface area contributed by atoms with Crippen molar-refractivity contribution in [3.8, 4) is 0 Å². The molecular weight excluding hydrogens is 322 g/mol. The van der Waals surface area contributed by atoms with E-state index in [1.54, 1.807) is 6.07 Å². The second-order valence-electron chi connectivity index (χ2n) is 7.30. The van der Waals surface area contributed by atoms with Gasteiger partial charge in [-0.1, -0.05) is 0 Å². The minimum absolute atomic E-state index is 0.133. The van der Waals surface area contributed by atoms with Crippen LogP contribution in [0.1, 0.15) is 57.9 Å². The summed E-state index contributed by atoms with van der Waals surface area (Å²) in [6, 6.07) is 2.66. The van der Waals surface area contributed by atoms with Gasteiger partial charge in [0.05, 0.1) is 22.9 Å². The van der Waals surface area contributed by atoms with Crippen molar-refractivity contribution in [2.75, 3.05) is 6.61 Å². The highest BCUT2D eigenvalue weighted by molar-refractivity contribution is 6.61. The summed E-state index contributed by atoms with van der Waals surface area (Å²) in [5, 5.41) is 0. The molecule has 0 saturated carbocycles. The van der Waals surface area contributed by atoms with Gasteiger partial charge in [0.15, 0.2) is 0 Å². The maximum absolute atomic E-state index is 13.2. The molecule has 0 bridgehead atoms. The van der Waals surface area contributed by atoms with Gasteiger partial charge in [-0.05, 0) is 58.2 Å². The SMILES string of the molecule is CC1(C)OB(c2cc(C3CCCO3)cc(C(F)(F)F)n2)OC1(C)C. The molecule has 0 N–H and O–H groups in total. The van der Waals surface area contributed by atoms with Crippen LogP contribution < -0.4 is 5.59 Å². The minimum atomic E-state index is -4.53. The number of rotatable bonds is 2. The van der Waals surface area contributed by atoms with Crippen LogP contribution in [0.3, 0.4) is 0 Å². The molecule has 0 amide bonds. The quantitative estimate of drug-likeness (QED) is 0.773. The third kappa shape index (κ3) is 3.19. The second kappa shape index (κ2) is 5.71. The molecule has 3 rings (SSSR count). The van der Waals surface area contributed by atoms with Crippen LogP contribution in [0.2, 0.25) is 0 Å². The Morgan fingerprint density at radius 2 is 1.75 bits per heavy atom. The number of ether oxygens (including phenoxy) is 1. The van der Waals surface area contributed by atoms with Crippen LogP contribution in [0, 0.1) is 0 Å². The summed E-state index contributed by atoms with van der Waals surface area (Å²) in [4.78, 5) is 3.76. The van der Waals surface area contributed by atoms with Crippen LogP contribution >= 0.6 is 0 Å². The summed E-state index contributed by atoms with van der Waals surface area (Å²) >= 11 is 0. The summed E-state index contributed by atoms with van der Waals surface area (Å²) in [6.07, 6.45) is -3.34. The van der Waals surface area contributed by atoms with Gasteiger partial charge in [0, 0.05) is 6.61 Å². The normalized spacial score (nSPS) is 26.1. The molecule has 132 valence electrons. The molecule has 0 aliphatic carbocycles. The van der Waals surface area contributed by atoms with Gasteiger partial charge in [-0.2, -0.15) is 13.2 Å². The van der Waals surface area contributed by atoms with E-state index in [0.717, 1.165) is 12.5 Å². The Kier molecular flexibility index (Phi) is 4.21. The first kappa shape index (κ1) is 17.7. The number of halogens is 3. The van der Waals surface area contributed by atoms with Crippen molar-refractivity contribution < 1.29 is 27.2 Å². The first-order chi connectivity index (χ1) is 11.0. The van der Waals surface area contributed by atoms with E-state index in [2.05, 4.69) is 4.98 Å². The van der Waals surface area contributed by atoms with Crippen molar-refractivity contribution in [1.82, 2.24) is 4.98 Å². The maximum atomic E-state index is 13.2. The minimum Gasteiger partial charge on any atom is -0.398 e. The van der Waals surface area contributed by atoms with Gasteiger partial charge in [0.1, 0.15) is 5.69 Å². The van der Waals surface area contributed by atoms with Crippen LogP contribution in [0.5, 0.6) is 0 Å². The maximum Gasteiger partial charge on any atom is 0.514 e. The molecule has 8 heteroatoms. The van der Waals surface area contributed by atoms with Crippen molar-refractivity contribution in [2.45, 2.75) is 64.0 Å². The molecule has 2 fully saturated rings. The third-order valence-electron chi connectivity index (χ3n) is 4.95. The molecule has 2 saturated heterocycles. The lowest BCUT2D eigenvalue weighted by Gasteiger charge is -2.32. The van der Waals surface area contributed by atoms with Gasteiger partial charge in [0.2, 0.25) is 0 Å². The number of nitrogens with zero attached hydrogens (tertiary/aromatic N) is 1. The summed E-state index contributed by atoms with van der Waals surface area (Å²) in [6.45, 7) is 7.95. The molecule has 0 spiro atoms. The van der Waals surface area contributed by atoms with Crippen molar-refractivity contribution in [1.29, 1.82) is 0 Å². The molecule has 1 aromatic rings. The van der Waals surface area contributed by atoms with Gasteiger partial charge < -0.3 is 14.0 Å². The zero-order valence-electron chi connectivity index (χ0n) is 14.2. The van der Waals surface area contributed by atoms with Crippen molar-refractivity contribution in [2.24, 2.45) is 0 Å². The van der Waals surface area contributed by atoms with Crippen LogP contribution in [0.15, 0.2) is 12.1 Å². The predicted molar refractivity (Wildman–Crippen MR) is 82.9 cm³/mol. The molecule has 4 nitrogen and oxygen atoms in total. The average molecular weight is 343 g/mol. The molecule has 2 aliphatic rings. The number of hydrogen-bond donors (Lipinski definition) is 0. The Bertz CT molecular complexity index is 611. The van der Waals surface area contributed by atoms with Gasteiger partial charge >= 0.3 is 13.3 Å². The van der Waals surface area contributed by atoms with Crippen LogP contribution in [-0.2, 0) is 20.2 Å². The van der Waals surface area contributed by atoms with Gasteiger partial charge in [0.25, 0.3) is 0 Å². The second-order valence-corrected chi connectivity index (χ2v) is 7.30. The first-order valence-electron chi connectivity index (χ1n) is 8.06. The third-order valence-corrected chi connectivity index (χ3v) is 4.95. The molecular formula is C16H21BF3NO3. The fourth-order valence-electron chi connectivity index (χ4n) is 2.83. The van der Waals surface area contributed by atoms with E-state index in [4.69, 9.17) is 14.0 Å².